The summed E-state index contributed by atoms with van der Waals surface area (Å²) in [6, 6.07) is 14.3. The maximum Gasteiger partial charge on any atom is 0.0455 e. The normalized spacial score (nSPS) is 10.7. The molecule has 0 aromatic heterocycles. The molecule has 4 heteroatoms. The molecule has 0 saturated carbocycles. The van der Waals surface area contributed by atoms with Gasteiger partial charge in [0.05, 0.1) is 0 Å². The number of anilines is 1. The van der Waals surface area contributed by atoms with Crippen molar-refractivity contribution in [3.8, 4) is 0 Å². The molecule has 2 nitrogen and oxygen atoms in total. The van der Waals surface area contributed by atoms with Crippen molar-refractivity contribution >= 4 is 29.1 Å². The minimum atomic E-state index is 0.547. The molecule has 2 N–H and O–H groups in total. The van der Waals surface area contributed by atoms with Gasteiger partial charge in [-0.3, -0.25) is 0 Å². The number of thioether (sulfide) groups is 1. The van der Waals surface area contributed by atoms with E-state index in [4.69, 9.17) is 17.3 Å². The van der Waals surface area contributed by atoms with Gasteiger partial charge in [0.1, 0.15) is 0 Å². The van der Waals surface area contributed by atoms with Gasteiger partial charge < -0.3 is 10.6 Å². The largest absolute Gasteiger partial charge is 0.370 e. The number of hydrogen-bond donors (Lipinski definition) is 1. The minimum absolute atomic E-state index is 0.547. The summed E-state index contributed by atoms with van der Waals surface area (Å²) in [5, 5.41) is 0.803. The van der Waals surface area contributed by atoms with E-state index in [0.29, 0.717) is 6.54 Å². The van der Waals surface area contributed by atoms with Crippen molar-refractivity contribution in [2.75, 3.05) is 17.7 Å². The zero-order valence-electron chi connectivity index (χ0n) is 12.5. The summed E-state index contributed by atoms with van der Waals surface area (Å²) in [5.41, 5.74) is 9.48. The Morgan fingerprint density at radius 1 is 1.14 bits per heavy atom. The van der Waals surface area contributed by atoms with Crippen LogP contribution in [0.3, 0.4) is 0 Å². The summed E-state index contributed by atoms with van der Waals surface area (Å²) in [5.74, 6) is 1.05. The Kier molecular flexibility index (Phi) is 5.97. The van der Waals surface area contributed by atoms with Gasteiger partial charge in [-0.1, -0.05) is 42.8 Å². The Bertz CT molecular complexity index is 601. The molecule has 0 spiro atoms. The summed E-state index contributed by atoms with van der Waals surface area (Å²) in [7, 11) is 2.08. The molecule has 0 fully saturated rings. The monoisotopic (exact) mass is 320 g/mol. The van der Waals surface area contributed by atoms with Gasteiger partial charge in [0.25, 0.3) is 0 Å². The second kappa shape index (κ2) is 7.74. The molecule has 21 heavy (non-hydrogen) atoms. The molecule has 0 radical (unpaired) electrons. The van der Waals surface area contributed by atoms with Crippen LogP contribution in [0.2, 0.25) is 5.02 Å². The molecule has 2 aromatic carbocycles. The third-order valence-corrected chi connectivity index (χ3v) is 4.74. The zero-order chi connectivity index (χ0) is 15.2. The number of halogens is 1. The van der Waals surface area contributed by atoms with Gasteiger partial charge in [-0.15, -0.1) is 11.8 Å². The maximum atomic E-state index is 6.25. The predicted octanol–water partition coefficient (Wildman–Crippen LogP) is 4.55. The summed E-state index contributed by atoms with van der Waals surface area (Å²) in [6.07, 6.45) is 0. The molecular formula is C17H21ClN2S. The molecule has 112 valence electrons. The standard InChI is InChI=1S/C17H21ClN2S/c1-3-21-17-10-6-9-16(14(17)11-19)20(2)12-13-7-4-5-8-15(13)18/h4-10H,3,11-12,19H2,1-2H3. The summed E-state index contributed by atoms with van der Waals surface area (Å²) in [4.78, 5) is 3.48. The summed E-state index contributed by atoms with van der Waals surface area (Å²) in [6.45, 7) is 3.48. The van der Waals surface area contributed by atoms with E-state index in [9.17, 15) is 0 Å². The van der Waals surface area contributed by atoms with Gasteiger partial charge in [-0.25, -0.2) is 0 Å². The number of nitrogens with two attached hydrogens (primary N) is 1. The minimum Gasteiger partial charge on any atom is -0.370 e. The summed E-state index contributed by atoms with van der Waals surface area (Å²) < 4.78 is 0. The van der Waals surface area contributed by atoms with E-state index in [0.717, 1.165) is 22.9 Å². The molecular weight excluding hydrogens is 300 g/mol. The molecule has 0 aliphatic carbocycles. The van der Waals surface area contributed by atoms with Crippen LogP contribution < -0.4 is 10.6 Å². The molecule has 0 atom stereocenters. The van der Waals surface area contributed by atoms with Crippen LogP contribution in [0.5, 0.6) is 0 Å². The fraction of sp³-hybridized carbons (Fsp3) is 0.294. The topological polar surface area (TPSA) is 29.3 Å². The Morgan fingerprint density at radius 3 is 2.57 bits per heavy atom. The highest BCUT2D eigenvalue weighted by Crippen LogP contribution is 2.31. The van der Waals surface area contributed by atoms with Crippen LogP contribution >= 0.6 is 23.4 Å². The van der Waals surface area contributed by atoms with Gasteiger partial charge in [0, 0.05) is 41.3 Å². The third kappa shape index (κ3) is 3.94. The van der Waals surface area contributed by atoms with Crippen molar-refractivity contribution in [1.29, 1.82) is 0 Å². The highest BCUT2D eigenvalue weighted by Gasteiger charge is 2.12. The molecule has 0 unspecified atom stereocenters. The van der Waals surface area contributed by atoms with Crippen LogP contribution in [0.15, 0.2) is 47.4 Å². The molecule has 0 amide bonds. The second-order valence-electron chi connectivity index (χ2n) is 4.84. The van der Waals surface area contributed by atoms with Crippen molar-refractivity contribution in [1.82, 2.24) is 0 Å². The van der Waals surface area contributed by atoms with Gasteiger partial charge in [-0.05, 0) is 29.5 Å². The van der Waals surface area contributed by atoms with Crippen molar-refractivity contribution in [2.45, 2.75) is 24.9 Å². The SMILES string of the molecule is CCSc1cccc(N(C)Cc2ccccc2Cl)c1CN. The van der Waals surface area contributed by atoms with Crippen molar-refractivity contribution in [3.63, 3.8) is 0 Å². The van der Waals surface area contributed by atoms with E-state index in [1.165, 1.54) is 16.1 Å². The third-order valence-electron chi connectivity index (χ3n) is 3.39. The second-order valence-corrected chi connectivity index (χ2v) is 6.55. The van der Waals surface area contributed by atoms with E-state index >= 15 is 0 Å². The number of rotatable bonds is 6. The number of nitrogens with zero attached hydrogens (tertiary/aromatic N) is 1. The van der Waals surface area contributed by atoms with E-state index < -0.39 is 0 Å². The van der Waals surface area contributed by atoms with E-state index in [2.05, 4.69) is 43.1 Å². The maximum absolute atomic E-state index is 6.25. The van der Waals surface area contributed by atoms with E-state index in [-0.39, 0.29) is 0 Å². The lowest BCUT2D eigenvalue weighted by Crippen LogP contribution is -2.19. The number of benzene rings is 2. The molecule has 0 aliphatic heterocycles. The average molecular weight is 321 g/mol. The van der Waals surface area contributed by atoms with Crippen molar-refractivity contribution < 1.29 is 0 Å². The van der Waals surface area contributed by atoms with E-state index in [1.54, 1.807) is 0 Å². The molecule has 2 aromatic rings. The Labute approximate surface area is 136 Å². The van der Waals surface area contributed by atoms with Crippen LogP contribution in [0.25, 0.3) is 0 Å². The van der Waals surface area contributed by atoms with Crippen LogP contribution in [0.4, 0.5) is 5.69 Å². The fourth-order valence-electron chi connectivity index (χ4n) is 2.37. The van der Waals surface area contributed by atoms with Gasteiger partial charge in [0.2, 0.25) is 0 Å². The molecule has 0 saturated heterocycles. The van der Waals surface area contributed by atoms with Crippen LogP contribution in [0.1, 0.15) is 18.1 Å². The zero-order valence-corrected chi connectivity index (χ0v) is 14.0. The molecule has 0 heterocycles. The van der Waals surface area contributed by atoms with Crippen LogP contribution in [-0.4, -0.2) is 12.8 Å². The first kappa shape index (κ1) is 16.2. The highest BCUT2D eigenvalue weighted by molar-refractivity contribution is 7.99. The van der Waals surface area contributed by atoms with Crippen molar-refractivity contribution in [2.24, 2.45) is 5.73 Å². The van der Waals surface area contributed by atoms with E-state index in [1.807, 2.05) is 30.0 Å². The Hall–Kier alpha value is -1.16. The van der Waals surface area contributed by atoms with Gasteiger partial charge >= 0.3 is 0 Å². The van der Waals surface area contributed by atoms with Crippen LogP contribution in [0, 0.1) is 0 Å². The first-order valence-corrected chi connectivity index (χ1v) is 8.43. The quantitative estimate of drug-likeness (QED) is 0.792. The van der Waals surface area contributed by atoms with Crippen LogP contribution in [-0.2, 0) is 13.1 Å². The predicted molar refractivity (Wildman–Crippen MR) is 94.3 cm³/mol. The highest BCUT2D eigenvalue weighted by atomic mass is 35.5. The van der Waals surface area contributed by atoms with Gasteiger partial charge in [0.15, 0.2) is 0 Å². The average Bonchev–Trinajstić information content (AvgIpc) is 2.49. The Morgan fingerprint density at radius 2 is 1.90 bits per heavy atom. The number of hydrogen-bond acceptors (Lipinski definition) is 3. The molecule has 0 aliphatic rings. The fourth-order valence-corrected chi connectivity index (χ4v) is 3.42. The lowest BCUT2D eigenvalue weighted by molar-refractivity contribution is 0.894. The lowest BCUT2D eigenvalue weighted by atomic mass is 10.1. The van der Waals surface area contributed by atoms with Gasteiger partial charge in [-0.2, -0.15) is 0 Å². The first-order chi connectivity index (χ1) is 10.2. The van der Waals surface area contributed by atoms with Crippen molar-refractivity contribution in [3.05, 3.63) is 58.6 Å². The smallest absolute Gasteiger partial charge is 0.0455 e. The molecule has 0 bridgehead atoms. The lowest BCUT2D eigenvalue weighted by Gasteiger charge is -2.24. The Balaban J connectivity index is 2.28. The summed E-state index contributed by atoms with van der Waals surface area (Å²) >= 11 is 8.09. The molecule has 2 rings (SSSR count). The first-order valence-electron chi connectivity index (χ1n) is 7.06.